The summed E-state index contributed by atoms with van der Waals surface area (Å²) in [4.78, 5) is 23.6. The second-order valence-electron chi connectivity index (χ2n) is 5.14. The van der Waals surface area contributed by atoms with Crippen molar-refractivity contribution >= 4 is 17.5 Å². The van der Waals surface area contributed by atoms with Gasteiger partial charge in [0.2, 0.25) is 11.8 Å². The fraction of sp³-hybridized carbons (Fsp3) is 0.222. The number of amides is 2. The highest BCUT2D eigenvalue weighted by atomic mass is 16.5. The number of carbonyl (C=O) groups excluding carboxylic acids is 2. The van der Waals surface area contributed by atoms with E-state index in [-0.39, 0.29) is 24.3 Å². The van der Waals surface area contributed by atoms with Crippen molar-refractivity contribution < 1.29 is 14.3 Å². The quantitative estimate of drug-likeness (QED) is 0.862. The minimum atomic E-state index is -0.387. The first kappa shape index (κ1) is 16.5. The largest absolute Gasteiger partial charge is 0.497 e. The molecule has 2 amide bonds. The molecular formula is C18H20N2O3. The molecule has 0 aromatic heterocycles. The SMILES string of the molecule is COc1ccc([C@H](CC(=O)Nc2ccccc2)NC(C)=O)cc1. The monoisotopic (exact) mass is 312 g/mol. The van der Waals surface area contributed by atoms with E-state index in [4.69, 9.17) is 4.74 Å². The summed E-state index contributed by atoms with van der Waals surface area (Å²) in [5.74, 6) is 0.383. The number of hydrogen-bond acceptors (Lipinski definition) is 3. The lowest BCUT2D eigenvalue weighted by molar-refractivity contribution is -0.120. The summed E-state index contributed by atoms with van der Waals surface area (Å²) in [5.41, 5.74) is 1.58. The second-order valence-corrected chi connectivity index (χ2v) is 5.14. The van der Waals surface area contributed by atoms with Crippen LogP contribution in [-0.2, 0) is 9.59 Å². The molecule has 0 bridgehead atoms. The first-order valence-corrected chi connectivity index (χ1v) is 7.34. The molecule has 23 heavy (non-hydrogen) atoms. The van der Waals surface area contributed by atoms with Gasteiger partial charge < -0.3 is 15.4 Å². The summed E-state index contributed by atoms with van der Waals surface area (Å²) in [6, 6.07) is 16.1. The number of ether oxygens (including phenoxy) is 1. The molecule has 0 radical (unpaired) electrons. The predicted octanol–water partition coefficient (Wildman–Crippen LogP) is 2.90. The van der Waals surface area contributed by atoms with Crippen LogP contribution in [-0.4, -0.2) is 18.9 Å². The zero-order chi connectivity index (χ0) is 16.7. The van der Waals surface area contributed by atoms with Crippen LogP contribution in [0.3, 0.4) is 0 Å². The maximum Gasteiger partial charge on any atom is 0.226 e. The summed E-state index contributed by atoms with van der Waals surface area (Å²) in [6.07, 6.45) is 0.154. The lowest BCUT2D eigenvalue weighted by atomic mass is 10.0. The Morgan fingerprint density at radius 1 is 1.04 bits per heavy atom. The average molecular weight is 312 g/mol. The lowest BCUT2D eigenvalue weighted by Crippen LogP contribution is -2.29. The van der Waals surface area contributed by atoms with Crippen molar-refractivity contribution in [2.45, 2.75) is 19.4 Å². The minimum absolute atomic E-state index is 0.154. The Hall–Kier alpha value is -2.82. The highest BCUT2D eigenvalue weighted by molar-refractivity contribution is 5.91. The van der Waals surface area contributed by atoms with E-state index in [1.54, 1.807) is 19.2 Å². The fourth-order valence-corrected chi connectivity index (χ4v) is 2.25. The van der Waals surface area contributed by atoms with Gasteiger partial charge in [0.15, 0.2) is 0 Å². The van der Waals surface area contributed by atoms with Crippen molar-refractivity contribution in [2.24, 2.45) is 0 Å². The van der Waals surface area contributed by atoms with E-state index in [2.05, 4.69) is 10.6 Å². The molecule has 0 aliphatic carbocycles. The maximum absolute atomic E-state index is 12.2. The predicted molar refractivity (Wildman–Crippen MR) is 89.2 cm³/mol. The van der Waals surface area contributed by atoms with Crippen molar-refractivity contribution in [3.8, 4) is 5.75 Å². The van der Waals surface area contributed by atoms with Crippen LogP contribution in [0.15, 0.2) is 54.6 Å². The molecule has 5 nitrogen and oxygen atoms in total. The van der Waals surface area contributed by atoms with E-state index in [1.807, 2.05) is 42.5 Å². The fourth-order valence-electron chi connectivity index (χ4n) is 2.25. The molecular weight excluding hydrogens is 292 g/mol. The first-order chi connectivity index (χ1) is 11.1. The van der Waals surface area contributed by atoms with Crippen LogP contribution in [0.4, 0.5) is 5.69 Å². The van der Waals surface area contributed by atoms with E-state index in [9.17, 15) is 9.59 Å². The van der Waals surface area contributed by atoms with Crippen molar-refractivity contribution in [1.82, 2.24) is 5.32 Å². The molecule has 0 aliphatic rings. The molecule has 0 saturated carbocycles. The van der Waals surface area contributed by atoms with E-state index >= 15 is 0 Å². The summed E-state index contributed by atoms with van der Waals surface area (Å²) in [6.45, 7) is 1.44. The number of rotatable bonds is 6. The number of para-hydroxylation sites is 1. The average Bonchev–Trinajstić information content (AvgIpc) is 2.55. The summed E-state index contributed by atoms with van der Waals surface area (Å²) in [7, 11) is 1.59. The zero-order valence-electron chi connectivity index (χ0n) is 13.2. The van der Waals surface area contributed by atoms with Gasteiger partial charge >= 0.3 is 0 Å². The summed E-state index contributed by atoms with van der Waals surface area (Å²) in [5, 5.41) is 5.63. The Labute approximate surface area is 135 Å². The van der Waals surface area contributed by atoms with E-state index in [0.29, 0.717) is 0 Å². The van der Waals surface area contributed by atoms with Crippen molar-refractivity contribution in [2.75, 3.05) is 12.4 Å². The molecule has 1 atom stereocenters. The van der Waals surface area contributed by atoms with Gasteiger partial charge in [0.25, 0.3) is 0 Å². The Morgan fingerprint density at radius 2 is 1.70 bits per heavy atom. The topological polar surface area (TPSA) is 67.4 Å². The third kappa shape index (κ3) is 5.14. The second kappa shape index (κ2) is 7.98. The standard InChI is InChI=1S/C18H20N2O3/c1-13(21)19-17(14-8-10-16(23-2)11-9-14)12-18(22)20-15-6-4-3-5-7-15/h3-11,17H,12H2,1-2H3,(H,19,21)(H,20,22)/t17-/m0/s1. The molecule has 0 heterocycles. The number of carbonyl (C=O) groups is 2. The van der Waals surface area contributed by atoms with Gasteiger partial charge in [-0.15, -0.1) is 0 Å². The number of nitrogens with one attached hydrogen (secondary N) is 2. The molecule has 0 aliphatic heterocycles. The normalized spacial score (nSPS) is 11.4. The smallest absolute Gasteiger partial charge is 0.226 e. The number of methoxy groups -OCH3 is 1. The van der Waals surface area contributed by atoms with Gasteiger partial charge in [0.1, 0.15) is 5.75 Å². The molecule has 5 heteroatoms. The lowest BCUT2D eigenvalue weighted by Gasteiger charge is -2.18. The Morgan fingerprint density at radius 3 is 2.26 bits per heavy atom. The molecule has 2 aromatic carbocycles. The van der Waals surface area contributed by atoms with E-state index in [1.165, 1.54) is 6.92 Å². The third-order valence-corrected chi connectivity index (χ3v) is 3.34. The Kier molecular flexibility index (Phi) is 5.74. The first-order valence-electron chi connectivity index (χ1n) is 7.34. The van der Waals surface area contributed by atoms with Gasteiger partial charge in [-0.05, 0) is 29.8 Å². The highest BCUT2D eigenvalue weighted by Gasteiger charge is 2.17. The van der Waals surface area contributed by atoms with E-state index in [0.717, 1.165) is 17.0 Å². The van der Waals surface area contributed by atoms with Crippen molar-refractivity contribution in [3.05, 3.63) is 60.2 Å². The molecule has 0 fully saturated rings. The molecule has 2 rings (SSSR count). The molecule has 0 saturated heterocycles. The van der Waals surface area contributed by atoms with Crippen molar-refractivity contribution in [3.63, 3.8) is 0 Å². The number of hydrogen-bond donors (Lipinski definition) is 2. The van der Waals surface area contributed by atoms with Gasteiger partial charge in [-0.3, -0.25) is 9.59 Å². The summed E-state index contributed by atoms with van der Waals surface area (Å²) < 4.78 is 5.12. The zero-order valence-corrected chi connectivity index (χ0v) is 13.2. The van der Waals surface area contributed by atoms with Crippen molar-refractivity contribution in [1.29, 1.82) is 0 Å². The molecule has 0 spiro atoms. The molecule has 2 aromatic rings. The Bertz CT molecular complexity index is 654. The van der Waals surface area contributed by atoms with Gasteiger partial charge in [-0.1, -0.05) is 30.3 Å². The van der Waals surface area contributed by atoms with E-state index < -0.39 is 0 Å². The highest BCUT2D eigenvalue weighted by Crippen LogP contribution is 2.21. The molecule has 0 unspecified atom stereocenters. The van der Waals surface area contributed by atoms with Gasteiger partial charge in [0.05, 0.1) is 19.6 Å². The van der Waals surface area contributed by atoms with Crippen LogP contribution in [0.25, 0.3) is 0 Å². The van der Waals surface area contributed by atoms with Crippen LogP contribution in [0.5, 0.6) is 5.75 Å². The van der Waals surface area contributed by atoms with Crippen LogP contribution in [0.1, 0.15) is 24.9 Å². The summed E-state index contributed by atoms with van der Waals surface area (Å²) >= 11 is 0. The molecule has 120 valence electrons. The number of benzene rings is 2. The van der Waals surface area contributed by atoms with Crippen LogP contribution < -0.4 is 15.4 Å². The maximum atomic E-state index is 12.2. The van der Waals surface area contributed by atoms with Crippen LogP contribution in [0, 0.1) is 0 Å². The van der Waals surface area contributed by atoms with Gasteiger partial charge in [0, 0.05) is 12.6 Å². The van der Waals surface area contributed by atoms with Crippen LogP contribution in [0.2, 0.25) is 0 Å². The number of anilines is 1. The van der Waals surface area contributed by atoms with Gasteiger partial charge in [-0.2, -0.15) is 0 Å². The van der Waals surface area contributed by atoms with Crippen LogP contribution >= 0.6 is 0 Å². The van der Waals surface area contributed by atoms with Gasteiger partial charge in [-0.25, -0.2) is 0 Å². The minimum Gasteiger partial charge on any atom is -0.497 e. The third-order valence-electron chi connectivity index (χ3n) is 3.34. The Balaban J connectivity index is 2.08. The molecule has 2 N–H and O–H groups in total.